The van der Waals surface area contributed by atoms with Gasteiger partial charge in [0.25, 0.3) is 0 Å². The van der Waals surface area contributed by atoms with Crippen LogP contribution in [0.2, 0.25) is 0 Å². The normalized spacial score (nSPS) is 14.4. The molecular weight excluding hydrogens is 403 g/mol. The van der Waals surface area contributed by atoms with E-state index >= 15 is 4.39 Å². The van der Waals surface area contributed by atoms with Gasteiger partial charge in [-0.15, -0.1) is 0 Å². The quantitative estimate of drug-likeness (QED) is 0.248. The standard InChI is InChI=1S/C22H17F5N2O/c1-13-11-17(9-10-28-13)21(14(2)29-30,19-8-7-18(23)12-20(19)24)15-3-5-16(6-4-15)22(25,26)27/h3-12,30H,1-2H3. The monoisotopic (exact) mass is 420 g/mol. The maximum Gasteiger partial charge on any atom is 0.416 e. The molecule has 1 heterocycles. The first kappa shape index (κ1) is 21.4. The van der Waals surface area contributed by atoms with Gasteiger partial charge in [-0.1, -0.05) is 23.4 Å². The molecule has 1 unspecified atom stereocenters. The molecule has 3 nitrogen and oxygen atoms in total. The summed E-state index contributed by atoms with van der Waals surface area (Å²) in [6.07, 6.45) is -3.11. The fraction of sp³-hybridized carbons (Fsp3) is 0.182. The maximum atomic E-state index is 15.0. The first-order valence-corrected chi connectivity index (χ1v) is 8.86. The smallest absolute Gasteiger partial charge is 0.411 e. The summed E-state index contributed by atoms with van der Waals surface area (Å²) < 4.78 is 67.9. The predicted molar refractivity (Wildman–Crippen MR) is 102 cm³/mol. The Kier molecular flexibility index (Phi) is 5.61. The van der Waals surface area contributed by atoms with Crippen LogP contribution in [0.4, 0.5) is 22.0 Å². The number of pyridine rings is 1. The summed E-state index contributed by atoms with van der Waals surface area (Å²) in [5, 5.41) is 12.9. The van der Waals surface area contributed by atoms with Crippen LogP contribution in [-0.4, -0.2) is 15.9 Å². The Morgan fingerprint density at radius 2 is 1.53 bits per heavy atom. The molecule has 0 amide bonds. The first-order chi connectivity index (χ1) is 14.1. The Morgan fingerprint density at radius 3 is 2.07 bits per heavy atom. The second-order valence-corrected chi connectivity index (χ2v) is 6.82. The van der Waals surface area contributed by atoms with Gasteiger partial charge in [0.2, 0.25) is 0 Å². The number of oxime groups is 1. The summed E-state index contributed by atoms with van der Waals surface area (Å²) in [6.45, 7) is 3.10. The highest BCUT2D eigenvalue weighted by Crippen LogP contribution is 2.43. The van der Waals surface area contributed by atoms with E-state index in [0.29, 0.717) is 17.3 Å². The lowest BCUT2D eigenvalue weighted by molar-refractivity contribution is -0.137. The minimum absolute atomic E-state index is 0.0154. The lowest BCUT2D eigenvalue weighted by Gasteiger charge is -2.35. The van der Waals surface area contributed by atoms with E-state index < -0.39 is 28.8 Å². The number of alkyl halides is 3. The molecule has 0 aliphatic rings. The summed E-state index contributed by atoms with van der Waals surface area (Å²) in [7, 11) is 0. The summed E-state index contributed by atoms with van der Waals surface area (Å²) in [5.41, 5.74) is -1.44. The molecule has 8 heteroatoms. The van der Waals surface area contributed by atoms with Crippen molar-refractivity contribution in [3.63, 3.8) is 0 Å². The number of benzene rings is 2. The number of hydrogen-bond donors (Lipinski definition) is 1. The van der Waals surface area contributed by atoms with Crippen LogP contribution in [0.25, 0.3) is 0 Å². The highest BCUT2D eigenvalue weighted by Gasteiger charge is 2.43. The zero-order valence-corrected chi connectivity index (χ0v) is 16.0. The zero-order chi connectivity index (χ0) is 22.1. The van der Waals surface area contributed by atoms with E-state index in [1.54, 1.807) is 19.1 Å². The molecule has 2 aromatic carbocycles. The third-order valence-corrected chi connectivity index (χ3v) is 5.00. The van der Waals surface area contributed by atoms with Crippen LogP contribution in [0.5, 0.6) is 0 Å². The molecule has 0 saturated carbocycles. The highest BCUT2D eigenvalue weighted by molar-refractivity contribution is 5.99. The minimum Gasteiger partial charge on any atom is -0.411 e. The van der Waals surface area contributed by atoms with Crippen molar-refractivity contribution < 1.29 is 27.2 Å². The number of hydrogen-bond acceptors (Lipinski definition) is 3. The second kappa shape index (κ2) is 7.85. The van der Waals surface area contributed by atoms with Crippen LogP contribution in [0, 0.1) is 18.6 Å². The molecule has 3 rings (SSSR count). The fourth-order valence-corrected chi connectivity index (χ4v) is 3.65. The third kappa shape index (κ3) is 3.65. The number of rotatable bonds is 4. The Hall–Kier alpha value is -3.29. The van der Waals surface area contributed by atoms with Crippen molar-refractivity contribution in [3.8, 4) is 0 Å². The maximum absolute atomic E-state index is 15.0. The first-order valence-electron chi connectivity index (χ1n) is 8.86. The van der Waals surface area contributed by atoms with Crippen molar-refractivity contribution >= 4 is 5.71 Å². The van der Waals surface area contributed by atoms with Crippen molar-refractivity contribution in [3.05, 3.63) is 100 Å². The zero-order valence-electron chi connectivity index (χ0n) is 16.0. The predicted octanol–water partition coefficient (Wildman–Crippen LogP) is 5.87. The summed E-state index contributed by atoms with van der Waals surface area (Å²) in [6, 6.07) is 10.2. The molecule has 30 heavy (non-hydrogen) atoms. The second-order valence-electron chi connectivity index (χ2n) is 6.82. The van der Waals surface area contributed by atoms with Gasteiger partial charge in [-0.05, 0) is 55.3 Å². The lowest BCUT2D eigenvalue weighted by Crippen LogP contribution is -2.38. The van der Waals surface area contributed by atoms with Crippen LogP contribution in [0.3, 0.4) is 0 Å². The van der Waals surface area contributed by atoms with Crippen LogP contribution in [0.15, 0.2) is 65.9 Å². The molecule has 1 atom stereocenters. The topological polar surface area (TPSA) is 45.5 Å². The van der Waals surface area contributed by atoms with E-state index in [0.717, 1.165) is 18.2 Å². The van der Waals surface area contributed by atoms with Crippen molar-refractivity contribution in [1.82, 2.24) is 4.98 Å². The highest BCUT2D eigenvalue weighted by atomic mass is 19.4. The summed E-state index contributed by atoms with van der Waals surface area (Å²) in [5.74, 6) is -1.76. The van der Waals surface area contributed by atoms with Gasteiger partial charge in [0.05, 0.1) is 16.7 Å². The van der Waals surface area contributed by atoms with E-state index in [2.05, 4.69) is 10.1 Å². The molecule has 0 aliphatic heterocycles. The van der Waals surface area contributed by atoms with Crippen LogP contribution in [0.1, 0.15) is 34.9 Å². The molecular formula is C22H17F5N2O. The van der Waals surface area contributed by atoms with Crippen LogP contribution >= 0.6 is 0 Å². The fourth-order valence-electron chi connectivity index (χ4n) is 3.65. The minimum atomic E-state index is -4.56. The van der Waals surface area contributed by atoms with Gasteiger partial charge < -0.3 is 5.21 Å². The lowest BCUT2D eigenvalue weighted by atomic mass is 9.66. The van der Waals surface area contributed by atoms with Gasteiger partial charge in [-0.25, -0.2) is 8.78 Å². The number of nitrogens with zero attached hydrogens (tertiary/aromatic N) is 2. The van der Waals surface area contributed by atoms with Gasteiger partial charge in [0.15, 0.2) is 0 Å². The van der Waals surface area contributed by atoms with E-state index in [1.807, 2.05) is 0 Å². The van der Waals surface area contributed by atoms with E-state index in [1.165, 1.54) is 31.3 Å². The van der Waals surface area contributed by atoms with Crippen LogP contribution < -0.4 is 0 Å². The van der Waals surface area contributed by atoms with Gasteiger partial charge in [0.1, 0.15) is 11.6 Å². The van der Waals surface area contributed by atoms with Gasteiger partial charge in [-0.2, -0.15) is 13.2 Å². The molecule has 0 radical (unpaired) electrons. The van der Waals surface area contributed by atoms with Crippen molar-refractivity contribution in [2.45, 2.75) is 25.4 Å². The molecule has 1 aromatic heterocycles. The van der Waals surface area contributed by atoms with E-state index in [-0.39, 0.29) is 16.8 Å². The largest absolute Gasteiger partial charge is 0.416 e. The molecule has 0 saturated heterocycles. The Morgan fingerprint density at radius 1 is 0.900 bits per heavy atom. The average Bonchev–Trinajstić information content (AvgIpc) is 2.69. The molecule has 0 bridgehead atoms. The van der Waals surface area contributed by atoms with E-state index in [4.69, 9.17) is 0 Å². The Labute approximate surface area is 169 Å². The molecule has 0 aliphatic carbocycles. The number of aryl methyl sites for hydroxylation is 1. The number of aromatic nitrogens is 1. The molecule has 156 valence electrons. The Bertz CT molecular complexity index is 1090. The third-order valence-electron chi connectivity index (χ3n) is 5.00. The number of halogens is 5. The summed E-state index contributed by atoms with van der Waals surface area (Å²) >= 11 is 0. The van der Waals surface area contributed by atoms with Crippen LogP contribution in [-0.2, 0) is 11.6 Å². The average molecular weight is 420 g/mol. The van der Waals surface area contributed by atoms with Gasteiger partial charge in [0, 0.05) is 23.5 Å². The van der Waals surface area contributed by atoms with Crippen molar-refractivity contribution in [2.75, 3.05) is 0 Å². The molecule has 1 N–H and O–H groups in total. The molecule has 3 aromatic rings. The molecule has 0 spiro atoms. The van der Waals surface area contributed by atoms with Crippen molar-refractivity contribution in [2.24, 2.45) is 5.16 Å². The van der Waals surface area contributed by atoms with Gasteiger partial charge >= 0.3 is 6.18 Å². The SMILES string of the molecule is CC(=NO)C(c1ccc(C(F)(F)F)cc1)(c1ccnc(C)c1)c1ccc(F)cc1F. The van der Waals surface area contributed by atoms with Crippen molar-refractivity contribution in [1.29, 1.82) is 0 Å². The Balaban J connectivity index is 2.43. The molecule has 0 fully saturated rings. The van der Waals surface area contributed by atoms with E-state index in [9.17, 15) is 22.8 Å². The van der Waals surface area contributed by atoms with Gasteiger partial charge in [-0.3, -0.25) is 4.98 Å². The summed E-state index contributed by atoms with van der Waals surface area (Å²) in [4.78, 5) is 4.10.